The van der Waals surface area contributed by atoms with Crippen molar-refractivity contribution in [2.45, 2.75) is 3.12 Å². The first-order valence-electron chi connectivity index (χ1n) is 1.65. The second-order valence-corrected chi connectivity index (χ2v) is 8.48. The van der Waals surface area contributed by atoms with Gasteiger partial charge in [0.15, 0.2) is 0 Å². The summed E-state index contributed by atoms with van der Waals surface area (Å²) in [6.07, 6.45) is 0. The van der Waals surface area contributed by atoms with Crippen LogP contribution in [-0.4, -0.2) is 3.12 Å². The van der Waals surface area contributed by atoms with Gasteiger partial charge in [-0.15, -0.1) is 0 Å². The van der Waals surface area contributed by atoms with Crippen LogP contribution in [0, 0.1) is 0 Å². The van der Waals surface area contributed by atoms with Gasteiger partial charge in [0.05, 0.1) is 0 Å². The lowest BCUT2D eigenvalue weighted by atomic mass is 11.8. The number of hydrogen-bond donors (Lipinski definition) is 2. The predicted molar refractivity (Wildman–Crippen MR) is 43.9 cm³/mol. The summed E-state index contributed by atoms with van der Waals surface area (Å²) in [6, 6.07) is 0. The Bertz CT molecular complexity index is 139. The van der Waals surface area contributed by atoms with Gasteiger partial charge in [-0.2, -0.15) is 0 Å². The molecule has 0 aromatic carbocycles. The van der Waals surface area contributed by atoms with Gasteiger partial charge in [-0.25, -0.2) is 0 Å². The Morgan fingerprint density at radius 2 is 1.67 bits per heavy atom. The van der Waals surface area contributed by atoms with E-state index in [0.29, 0.717) is 11.4 Å². The summed E-state index contributed by atoms with van der Waals surface area (Å²) >= 11 is 16.0. The van der Waals surface area contributed by atoms with E-state index >= 15 is 0 Å². The van der Waals surface area contributed by atoms with Gasteiger partial charge in [0, 0.05) is 0 Å². The quantitative estimate of drug-likeness (QED) is 0.533. The highest BCUT2D eigenvalue weighted by Crippen LogP contribution is 2.56. The van der Waals surface area contributed by atoms with E-state index in [-0.39, 0.29) is 0 Å². The van der Waals surface area contributed by atoms with E-state index in [9.17, 15) is 4.57 Å². The maximum Gasteiger partial charge on any atom is 0.265 e. The molecule has 0 bridgehead atoms. The maximum absolute atomic E-state index is 10.5. The monoisotopic (exact) mass is 228 g/mol. The zero-order valence-corrected chi connectivity index (χ0v) is 8.03. The second-order valence-electron chi connectivity index (χ2n) is 1.18. The lowest BCUT2D eigenvalue weighted by Gasteiger charge is -2.11. The van der Waals surface area contributed by atoms with Crippen molar-refractivity contribution in [3.8, 4) is 0 Å². The molecule has 0 heterocycles. The maximum atomic E-state index is 10.5. The summed E-state index contributed by atoms with van der Waals surface area (Å²) in [4.78, 5) is 0. The molecule has 0 aliphatic heterocycles. The largest absolute Gasteiger partial charge is 0.277 e. The van der Waals surface area contributed by atoms with E-state index in [1.54, 1.807) is 0 Å². The van der Waals surface area contributed by atoms with Crippen LogP contribution in [0.4, 0.5) is 0 Å². The predicted octanol–water partition coefficient (Wildman–Crippen LogP) is 2.07. The molecule has 0 radical (unpaired) electrons. The second kappa shape index (κ2) is 3.18. The Kier molecular flexibility index (Phi) is 3.66. The molecule has 3 nitrogen and oxygen atoms in total. The van der Waals surface area contributed by atoms with Crippen molar-refractivity contribution < 1.29 is 4.57 Å². The molecule has 0 aromatic heterocycles. The smallest absolute Gasteiger partial charge is 0.265 e. The molecular weight excluding hydrogens is 225 g/mol. The SMILES string of the molecule is NP(N)(=O)SC(Cl)(Cl)Cl. The van der Waals surface area contributed by atoms with E-state index in [0.717, 1.165) is 0 Å². The van der Waals surface area contributed by atoms with Gasteiger partial charge in [-0.1, -0.05) is 34.8 Å². The third-order valence-electron chi connectivity index (χ3n) is 0.246. The number of halogens is 3. The number of alkyl halides is 3. The molecule has 0 atom stereocenters. The van der Waals surface area contributed by atoms with Crippen LogP contribution in [0.5, 0.6) is 0 Å². The van der Waals surface area contributed by atoms with Crippen LogP contribution in [0.3, 0.4) is 0 Å². The Labute approximate surface area is 71.6 Å². The first kappa shape index (κ1) is 10.4. The number of rotatable bonds is 1. The summed E-state index contributed by atoms with van der Waals surface area (Å²) in [5, 5.41) is 0. The molecule has 0 unspecified atom stereocenters. The topological polar surface area (TPSA) is 69.1 Å². The molecular formula is CH4Cl3N2OPS. The highest BCUT2D eigenvalue weighted by atomic mass is 35.6. The number of hydrogen-bond acceptors (Lipinski definition) is 2. The van der Waals surface area contributed by atoms with Crippen molar-refractivity contribution in [2.75, 3.05) is 0 Å². The Morgan fingerprint density at radius 1 is 1.33 bits per heavy atom. The molecule has 4 N–H and O–H groups in total. The van der Waals surface area contributed by atoms with Gasteiger partial charge in [-0.3, -0.25) is 15.6 Å². The van der Waals surface area contributed by atoms with Crippen LogP contribution in [-0.2, 0) is 4.57 Å². The molecule has 0 saturated carbocycles. The lowest BCUT2D eigenvalue weighted by molar-refractivity contribution is 0.587. The van der Waals surface area contributed by atoms with Crippen molar-refractivity contribution in [3.63, 3.8) is 0 Å². The normalized spacial score (nSPS) is 13.9. The van der Waals surface area contributed by atoms with Gasteiger partial charge in [0.2, 0.25) is 3.12 Å². The van der Waals surface area contributed by atoms with E-state index in [4.69, 9.17) is 45.8 Å². The molecule has 0 aliphatic rings. The standard InChI is InChI=1S/CH4Cl3N2OPS/c2-1(3,4)9-8(5,6)7/h(H4,5,6,7). The van der Waals surface area contributed by atoms with Gasteiger partial charge in [-0.05, 0) is 11.4 Å². The molecule has 0 amide bonds. The van der Waals surface area contributed by atoms with E-state index in [1.807, 2.05) is 0 Å². The minimum absolute atomic E-state index is 0.421. The fraction of sp³-hybridized carbons (Fsp3) is 1.00. The highest BCUT2D eigenvalue weighted by molar-refractivity contribution is 8.58. The van der Waals surface area contributed by atoms with Crippen molar-refractivity contribution >= 4 is 52.8 Å². The van der Waals surface area contributed by atoms with Gasteiger partial charge < -0.3 is 0 Å². The molecule has 0 aliphatic carbocycles. The molecule has 56 valence electrons. The highest BCUT2D eigenvalue weighted by Gasteiger charge is 2.28. The Hall–Kier alpha value is 1.37. The average Bonchev–Trinajstić information content (AvgIpc) is 1.14. The van der Waals surface area contributed by atoms with Gasteiger partial charge in [0.25, 0.3) is 6.65 Å². The minimum Gasteiger partial charge on any atom is -0.277 e. The third kappa shape index (κ3) is 9.37. The fourth-order valence-corrected chi connectivity index (χ4v) is 4.37. The van der Waals surface area contributed by atoms with Gasteiger partial charge in [0.1, 0.15) is 0 Å². The fourth-order valence-electron chi connectivity index (χ4n) is 0.162. The zero-order chi connectivity index (χ0) is 7.71. The van der Waals surface area contributed by atoms with Crippen molar-refractivity contribution in [1.29, 1.82) is 0 Å². The molecule has 8 heteroatoms. The average molecular weight is 229 g/mol. The summed E-state index contributed by atoms with van der Waals surface area (Å²) in [7, 11) is 0. The van der Waals surface area contributed by atoms with E-state index in [2.05, 4.69) is 0 Å². The first-order valence-corrected chi connectivity index (χ1v) is 6.05. The van der Waals surface area contributed by atoms with Crippen LogP contribution in [0.15, 0.2) is 0 Å². The Balaban J connectivity index is 3.90. The minimum atomic E-state index is -3.27. The molecule has 0 aromatic rings. The summed E-state index contributed by atoms with van der Waals surface area (Å²) in [5.74, 6) is 0. The molecule has 0 fully saturated rings. The molecule has 9 heavy (non-hydrogen) atoms. The molecule has 0 rings (SSSR count). The summed E-state index contributed by atoms with van der Waals surface area (Å²) in [5.41, 5.74) is 9.73. The Morgan fingerprint density at radius 3 is 1.67 bits per heavy atom. The van der Waals surface area contributed by atoms with Crippen molar-refractivity contribution in [1.82, 2.24) is 0 Å². The summed E-state index contributed by atoms with van der Waals surface area (Å²) < 4.78 is 8.80. The van der Waals surface area contributed by atoms with Crippen LogP contribution in [0.2, 0.25) is 0 Å². The zero-order valence-electron chi connectivity index (χ0n) is 4.05. The van der Waals surface area contributed by atoms with Crippen LogP contribution >= 0.6 is 52.8 Å². The van der Waals surface area contributed by atoms with Gasteiger partial charge >= 0.3 is 0 Å². The first-order chi connectivity index (χ1) is 3.71. The van der Waals surface area contributed by atoms with E-state index < -0.39 is 9.77 Å². The third-order valence-corrected chi connectivity index (χ3v) is 4.08. The van der Waals surface area contributed by atoms with E-state index in [1.165, 1.54) is 0 Å². The molecule has 0 saturated heterocycles. The van der Waals surface area contributed by atoms with Crippen LogP contribution in [0.25, 0.3) is 0 Å². The molecule has 0 spiro atoms. The van der Waals surface area contributed by atoms with Crippen LogP contribution < -0.4 is 11.0 Å². The van der Waals surface area contributed by atoms with Crippen molar-refractivity contribution in [3.05, 3.63) is 0 Å². The van der Waals surface area contributed by atoms with Crippen molar-refractivity contribution in [2.24, 2.45) is 11.0 Å². The van der Waals surface area contributed by atoms with Crippen LogP contribution in [0.1, 0.15) is 0 Å². The lowest BCUT2D eigenvalue weighted by Crippen LogP contribution is -2.05. The number of nitrogens with two attached hydrogens (primary N) is 2. The summed E-state index contributed by atoms with van der Waals surface area (Å²) in [6.45, 7) is -3.27.